The van der Waals surface area contributed by atoms with Gasteiger partial charge in [-0.15, -0.1) is 0 Å². The van der Waals surface area contributed by atoms with Crippen molar-refractivity contribution in [1.82, 2.24) is 20.0 Å². The molecule has 7 heteroatoms. The van der Waals surface area contributed by atoms with E-state index in [-0.39, 0.29) is 18.5 Å². The second-order valence-electron chi connectivity index (χ2n) is 5.37. The number of amides is 2. The van der Waals surface area contributed by atoms with Crippen molar-refractivity contribution in [2.45, 2.75) is 31.8 Å². The van der Waals surface area contributed by atoms with Crippen LogP contribution >= 0.6 is 0 Å². The highest BCUT2D eigenvalue weighted by Crippen LogP contribution is 2.34. The fraction of sp³-hybridized carbons (Fsp3) is 0.615. The van der Waals surface area contributed by atoms with Gasteiger partial charge in [0.2, 0.25) is 0 Å². The molecule has 7 nitrogen and oxygen atoms in total. The predicted molar refractivity (Wildman–Crippen MR) is 72.0 cm³/mol. The fourth-order valence-electron chi connectivity index (χ4n) is 2.19. The van der Waals surface area contributed by atoms with Crippen LogP contribution in [0.3, 0.4) is 0 Å². The molecule has 1 aliphatic carbocycles. The first-order valence-electron chi connectivity index (χ1n) is 6.66. The fourth-order valence-corrected chi connectivity index (χ4v) is 2.19. The minimum atomic E-state index is -0.878. The van der Waals surface area contributed by atoms with Crippen LogP contribution in [-0.4, -0.2) is 44.9 Å². The molecule has 110 valence electrons. The van der Waals surface area contributed by atoms with E-state index in [4.69, 9.17) is 5.11 Å². The van der Waals surface area contributed by atoms with Crippen molar-refractivity contribution in [2.24, 2.45) is 13.0 Å². The Hall–Kier alpha value is -2.05. The van der Waals surface area contributed by atoms with Crippen molar-refractivity contribution in [1.29, 1.82) is 0 Å². The van der Waals surface area contributed by atoms with Gasteiger partial charge in [-0.1, -0.05) is 0 Å². The molecule has 1 atom stereocenters. The molecule has 20 heavy (non-hydrogen) atoms. The first kappa shape index (κ1) is 14.4. The molecule has 1 unspecified atom stereocenters. The number of hydrogen-bond acceptors (Lipinski definition) is 3. The summed E-state index contributed by atoms with van der Waals surface area (Å²) < 4.78 is 1.68. The second kappa shape index (κ2) is 5.94. The zero-order valence-corrected chi connectivity index (χ0v) is 11.7. The van der Waals surface area contributed by atoms with Gasteiger partial charge in [0, 0.05) is 31.9 Å². The van der Waals surface area contributed by atoms with Gasteiger partial charge >= 0.3 is 12.0 Å². The van der Waals surface area contributed by atoms with Crippen LogP contribution in [0.2, 0.25) is 0 Å². The van der Waals surface area contributed by atoms with Crippen LogP contribution in [0.15, 0.2) is 12.4 Å². The normalized spacial score (nSPS) is 15.7. The number of aliphatic carboxylic acids is 1. The van der Waals surface area contributed by atoms with Gasteiger partial charge < -0.3 is 15.3 Å². The summed E-state index contributed by atoms with van der Waals surface area (Å²) >= 11 is 0. The minimum absolute atomic E-state index is 0.0167. The number of aryl methyl sites for hydroxylation is 1. The van der Waals surface area contributed by atoms with E-state index < -0.39 is 5.97 Å². The largest absolute Gasteiger partial charge is 0.481 e. The molecule has 0 radical (unpaired) electrons. The number of carboxylic acids is 1. The van der Waals surface area contributed by atoms with Crippen molar-refractivity contribution >= 4 is 12.0 Å². The van der Waals surface area contributed by atoms with E-state index in [0.717, 1.165) is 18.4 Å². The van der Waals surface area contributed by atoms with E-state index in [9.17, 15) is 9.59 Å². The average molecular weight is 280 g/mol. The monoisotopic (exact) mass is 280 g/mol. The first-order chi connectivity index (χ1) is 9.45. The minimum Gasteiger partial charge on any atom is -0.481 e. The molecule has 1 heterocycles. The molecule has 0 saturated heterocycles. The van der Waals surface area contributed by atoms with Crippen molar-refractivity contribution in [3.8, 4) is 0 Å². The van der Waals surface area contributed by atoms with E-state index in [1.807, 2.05) is 13.2 Å². The highest BCUT2D eigenvalue weighted by Gasteiger charge is 2.34. The van der Waals surface area contributed by atoms with Gasteiger partial charge in [-0.2, -0.15) is 5.10 Å². The number of nitrogens with one attached hydrogen (secondary N) is 1. The van der Waals surface area contributed by atoms with Crippen molar-refractivity contribution in [2.75, 3.05) is 7.05 Å². The summed E-state index contributed by atoms with van der Waals surface area (Å²) in [5, 5.41) is 15.7. The maximum absolute atomic E-state index is 12.1. The molecule has 2 rings (SSSR count). The number of carboxylic acid groups (broad SMARTS) is 1. The summed E-state index contributed by atoms with van der Waals surface area (Å²) in [6.45, 7) is 0.449. The molecule has 1 aromatic heterocycles. The summed E-state index contributed by atoms with van der Waals surface area (Å²) in [5.74, 6) is -0.570. The van der Waals surface area contributed by atoms with Gasteiger partial charge in [0.1, 0.15) is 0 Å². The molecule has 0 spiro atoms. The van der Waals surface area contributed by atoms with E-state index in [2.05, 4.69) is 10.4 Å². The Morgan fingerprint density at radius 1 is 1.60 bits per heavy atom. The number of aromatic nitrogens is 2. The van der Waals surface area contributed by atoms with Crippen LogP contribution in [0.25, 0.3) is 0 Å². The average Bonchev–Trinajstić information content (AvgIpc) is 3.12. The number of nitrogens with zero attached hydrogens (tertiary/aromatic N) is 3. The summed E-state index contributed by atoms with van der Waals surface area (Å²) in [7, 11) is 3.51. The van der Waals surface area contributed by atoms with Crippen LogP contribution < -0.4 is 5.32 Å². The number of carbonyl (C=O) groups excluding carboxylic acids is 1. The highest BCUT2D eigenvalue weighted by molar-refractivity contribution is 5.75. The summed E-state index contributed by atoms with van der Waals surface area (Å²) in [4.78, 5) is 24.4. The van der Waals surface area contributed by atoms with Gasteiger partial charge in [-0.25, -0.2) is 4.79 Å². The molecular formula is C13H20N4O3. The molecule has 1 saturated carbocycles. The van der Waals surface area contributed by atoms with E-state index in [1.165, 1.54) is 4.90 Å². The van der Waals surface area contributed by atoms with Gasteiger partial charge in [-0.3, -0.25) is 9.48 Å². The lowest BCUT2D eigenvalue weighted by molar-refractivity contribution is -0.137. The topological polar surface area (TPSA) is 87.5 Å². The van der Waals surface area contributed by atoms with E-state index in [0.29, 0.717) is 12.5 Å². The molecule has 2 amide bonds. The summed E-state index contributed by atoms with van der Waals surface area (Å²) in [6, 6.07) is -0.511. The number of carbonyl (C=O) groups is 2. The smallest absolute Gasteiger partial charge is 0.317 e. The summed E-state index contributed by atoms with van der Waals surface area (Å²) in [5.41, 5.74) is 0.936. The molecule has 2 N–H and O–H groups in total. The maximum atomic E-state index is 12.1. The molecule has 0 bridgehead atoms. The Kier molecular flexibility index (Phi) is 4.26. The van der Waals surface area contributed by atoms with Crippen LogP contribution in [-0.2, 0) is 18.4 Å². The maximum Gasteiger partial charge on any atom is 0.317 e. The lowest BCUT2D eigenvalue weighted by Crippen LogP contribution is -2.44. The molecule has 0 aromatic carbocycles. The van der Waals surface area contributed by atoms with Gasteiger partial charge in [0.25, 0.3) is 0 Å². The zero-order chi connectivity index (χ0) is 14.7. The van der Waals surface area contributed by atoms with Crippen molar-refractivity contribution in [3.05, 3.63) is 18.0 Å². The van der Waals surface area contributed by atoms with Crippen molar-refractivity contribution in [3.63, 3.8) is 0 Å². The third-order valence-electron chi connectivity index (χ3n) is 3.42. The number of hydrogen-bond donors (Lipinski definition) is 2. The van der Waals surface area contributed by atoms with E-state index in [1.54, 1.807) is 17.9 Å². The highest BCUT2D eigenvalue weighted by atomic mass is 16.4. The number of urea groups is 1. The van der Waals surface area contributed by atoms with Gasteiger partial charge in [0.15, 0.2) is 0 Å². The Morgan fingerprint density at radius 3 is 2.80 bits per heavy atom. The first-order valence-corrected chi connectivity index (χ1v) is 6.66. The van der Waals surface area contributed by atoms with Crippen LogP contribution in [0.5, 0.6) is 0 Å². The molecular weight excluding hydrogens is 260 g/mol. The third kappa shape index (κ3) is 3.97. The van der Waals surface area contributed by atoms with Gasteiger partial charge in [0.05, 0.1) is 19.2 Å². The third-order valence-corrected chi connectivity index (χ3v) is 3.42. The zero-order valence-electron chi connectivity index (χ0n) is 11.7. The Morgan fingerprint density at radius 2 is 2.30 bits per heavy atom. The molecule has 1 aliphatic rings. The van der Waals surface area contributed by atoms with Crippen LogP contribution in [0.4, 0.5) is 4.79 Å². The Bertz CT molecular complexity index is 496. The standard InChI is InChI=1S/C13H20N4O3/c1-16(7-9-6-14-17(2)8-9)13(20)15-11(5-12(18)19)10-3-4-10/h6,8,10-11H,3-5,7H2,1-2H3,(H,15,20)(H,18,19). The van der Waals surface area contributed by atoms with E-state index >= 15 is 0 Å². The molecule has 1 fully saturated rings. The van der Waals surface area contributed by atoms with Gasteiger partial charge in [-0.05, 0) is 18.8 Å². The SMILES string of the molecule is CN(Cc1cnn(C)c1)C(=O)NC(CC(=O)O)C1CC1. The quantitative estimate of drug-likeness (QED) is 0.807. The number of rotatable bonds is 6. The molecule has 1 aromatic rings. The van der Waals surface area contributed by atoms with Crippen LogP contribution in [0.1, 0.15) is 24.8 Å². The van der Waals surface area contributed by atoms with Crippen LogP contribution in [0, 0.1) is 5.92 Å². The van der Waals surface area contributed by atoms with Crippen molar-refractivity contribution < 1.29 is 14.7 Å². The predicted octanol–water partition coefficient (Wildman–Crippen LogP) is 0.815. The molecule has 0 aliphatic heterocycles. The lowest BCUT2D eigenvalue weighted by atomic mass is 10.1. The second-order valence-corrected chi connectivity index (χ2v) is 5.37. The lowest BCUT2D eigenvalue weighted by Gasteiger charge is -2.22. The Labute approximate surface area is 117 Å². The summed E-state index contributed by atoms with van der Waals surface area (Å²) in [6.07, 6.45) is 5.52. The Balaban J connectivity index is 1.87.